The lowest BCUT2D eigenvalue weighted by atomic mass is 10.1. The van der Waals surface area contributed by atoms with Crippen LogP contribution in [0.3, 0.4) is 0 Å². The molecule has 0 aliphatic carbocycles. The highest BCUT2D eigenvalue weighted by atomic mass is 35.5. The number of aromatic nitrogens is 4. The van der Waals surface area contributed by atoms with Gasteiger partial charge in [-0.3, -0.25) is 15.1 Å². The van der Waals surface area contributed by atoms with E-state index in [-0.39, 0.29) is 0 Å². The SMILES string of the molecule is Cc1[nH]nc(-c2cnccn2)c1CCCl. The van der Waals surface area contributed by atoms with E-state index in [0.717, 1.165) is 29.1 Å². The van der Waals surface area contributed by atoms with Gasteiger partial charge in [-0.25, -0.2) is 0 Å². The normalized spacial score (nSPS) is 10.5. The lowest BCUT2D eigenvalue weighted by Gasteiger charge is -1.99. The first kappa shape index (κ1) is 10.1. The Bertz CT molecular complexity index is 438. The van der Waals surface area contributed by atoms with Crippen LogP contribution in [0.1, 0.15) is 11.3 Å². The first-order valence-corrected chi connectivity index (χ1v) is 5.22. The van der Waals surface area contributed by atoms with Crippen molar-refractivity contribution in [3.8, 4) is 11.4 Å². The summed E-state index contributed by atoms with van der Waals surface area (Å²) in [5.74, 6) is 0.577. The Morgan fingerprint density at radius 1 is 1.40 bits per heavy atom. The van der Waals surface area contributed by atoms with Gasteiger partial charge >= 0.3 is 0 Å². The summed E-state index contributed by atoms with van der Waals surface area (Å²) >= 11 is 5.75. The van der Waals surface area contributed by atoms with Crippen LogP contribution in [0.5, 0.6) is 0 Å². The summed E-state index contributed by atoms with van der Waals surface area (Å²) in [7, 11) is 0. The van der Waals surface area contributed by atoms with Crippen molar-refractivity contribution in [2.45, 2.75) is 13.3 Å². The van der Waals surface area contributed by atoms with Crippen molar-refractivity contribution in [2.75, 3.05) is 5.88 Å². The van der Waals surface area contributed by atoms with E-state index in [1.54, 1.807) is 18.6 Å². The largest absolute Gasteiger partial charge is 0.282 e. The number of rotatable bonds is 3. The molecular weight excluding hydrogens is 212 g/mol. The standard InChI is InChI=1S/C10H11ClN4/c1-7-8(2-3-11)10(15-14-7)9-6-12-4-5-13-9/h4-6H,2-3H2,1H3,(H,14,15). The molecule has 0 unspecified atom stereocenters. The molecule has 0 radical (unpaired) electrons. The zero-order valence-electron chi connectivity index (χ0n) is 8.37. The van der Waals surface area contributed by atoms with Crippen LogP contribution in [0.25, 0.3) is 11.4 Å². The van der Waals surface area contributed by atoms with Gasteiger partial charge in [0.15, 0.2) is 0 Å². The molecule has 0 aliphatic heterocycles. The Morgan fingerprint density at radius 2 is 2.27 bits per heavy atom. The van der Waals surface area contributed by atoms with Crippen LogP contribution in [0.2, 0.25) is 0 Å². The van der Waals surface area contributed by atoms with Crippen molar-refractivity contribution < 1.29 is 0 Å². The first-order chi connectivity index (χ1) is 7.33. The average molecular weight is 223 g/mol. The fourth-order valence-corrected chi connectivity index (χ4v) is 1.67. The van der Waals surface area contributed by atoms with Crippen LogP contribution < -0.4 is 0 Å². The quantitative estimate of drug-likeness (QED) is 0.808. The molecule has 2 heterocycles. The van der Waals surface area contributed by atoms with Gasteiger partial charge in [-0.2, -0.15) is 5.10 Å². The van der Waals surface area contributed by atoms with Crippen LogP contribution in [-0.4, -0.2) is 26.0 Å². The van der Waals surface area contributed by atoms with E-state index in [0.29, 0.717) is 5.88 Å². The Hall–Kier alpha value is -1.42. The molecule has 4 nitrogen and oxygen atoms in total. The molecule has 0 bridgehead atoms. The molecule has 1 N–H and O–H groups in total. The van der Waals surface area contributed by atoms with E-state index in [1.807, 2.05) is 6.92 Å². The molecule has 2 aromatic heterocycles. The van der Waals surface area contributed by atoms with Crippen LogP contribution in [0, 0.1) is 6.92 Å². The molecule has 0 fully saturated rings. The van der Waals surface area contributed by atoms with Gasteiger partial charge in [-0.05, 0) is 13.3 Å². The van der Waals surface area contributed by atoms with E-state index < -0.39 is 0 Å². The van der Waals surface area contributed by atoms with Crippen molar-refractivity contribution in [1.82, 2.24) is 20.2 Å². The Labute approximate surface area is 92.7 Å². The van der Waals surface area contributed by atoms with Crippen molar-refractivity contribution in [3.05, 3.63) is 29.8 Å². The summed E-state index contributed by atoms with van der Waals surface area (Å²) in [5.41, 5.74) is 3.78. The van der Waals surface area contributed by atoms with E-state index in [4.69, 9.17) is 11.6 Å². The lowest BCUT2D eigenvalue weighted by Crippen LogP contribution is -1.92. The molecule has 0 atom stereocenters. The zero-order chi connectivity index (χ0) is 10.7. The molecule has 15 heavy (non-hydrogen) atoms. The number of nitrogens with zero attached hydrogens (tertiary/aromatic N) is 3. The molecular formula is C10H11ClN4. The minimum Gasteiger partial charge on any atom is -0.282 e. The van der Waals surface area contributed by atoms with Gasteiger partial charge in [0.2, 0.25) is 0 Å². The summed E-state index contributed by atoms with van der Waals surface area (Å²) in [6, 6.07) is 0. The molecule has 0 amide bonds. The molecule has 2 aromatic rings. The predicted molar refractivity (Wildman–Crippen MR) is 58.8 cm³/mol. The third-order valence-electron chi connectivity index (χ3n) is 2.22. The number of hydrogen-bond donors (Lipinski definition) is 1. The smallest absolute Gasteiger partial charge is 0.116 e. The summed E-state index contributed by atoms with van der Waals surface area (Å²) < 4.78 is 0. The second-order valence-corrected chi connectivity index (χ2v) is 3.58. The number of halogens is 1. The van der Waals surface area contributed by atoms with Gasteiger partial charge in [-0.1, -0.05) is 0 Å². The first-order valence-electron chi connectivity index (χ1n) is 4.69. The predicted octanol–water partition coefficient (Wildman–Crippen LogP) is 1.96. The molecule has 0 aliphatic rings. The summed E-state index contributed by atoms with van der Waals surface area (Å²) in [6.07, 6.45) is 5.79. The van der Waals surface area contributed by atoms with Gasteiger partial charge in [0.05, 0.1) is 6.20 Å². The van der Waals surface area contributed by atoms with Crippen molar-refractivity contribution >= 4 is 11.6 Å². The number of aryl methyl sites for hydroxylation is 1. The monoisotopic (exact) mass is 222 g/mol. The Balaban J connectivity index is 2.44. The van der Waals surface area contributed by atoms with Crippen molar-refractivity contribution in [2.24, 2.45) is 0 Å². The van der Waals surface area contributed by atoms with E-state index in [9.17, 15) is 0 Å². The third-order valence-corrected chi connectivity index (χ3v) is 2.41. The second-order valence-electron chi connectivity index (χ2n) is 3.21. The average Bonchev–Trinajstić information content (AvgIpc) is 2.63. The van der Waals surface area contributed by atoms with Crippen molar-refractivity contribution in [1.29, 1.82) is 0 Å². The molecule has 5 heteroatoms. The molecule has 0 saturated carbocycles. The van der Waals surface area contributed by atoms with E-state index >= 15 is 0 Å². The molecule has 78 valence electrons. The number of H-pyrrole nitrogens is 1. The van der Waals surface area contributed by atoms with Crippen LogP contribution in [0.4, 0.5) is 0 Å². The van der Waals surface area contributed by atoms with Gasteiger partial charge in [0.1, 0.15) is 11.4 Å². The lowest BCUT2D eigenvalue weighted by molar-refractivity contribution is 1.04. The minimum atomic E-state index is 0.577. The number of hydrogen-bond acceptors (Lipinski definition) is 3. The fraction of sp³-hybridized carbons (Fsp3) is 0.300. The summed E-state index contributed by atoms with van der Waals surface area (Å²) in [6.45, 7) is 1.98. The van der Waals surface area contributed by atoms with Crippen LogP contribution in [-0.2, 0) is 6.42 Å². The Morgan fingerprint density at radius 3 is 2.93 bits per heavy atom. The highest BCUT2D eigenvalue weighted by Crippen LogP contribution is 2.21. The molecule has 0 aromatic carbocycles. The minimum absolute atomic E-state index is 0.577. The molecule has 0 spiro atoms. The van der Waals surface area contributed by atoms with Crippen LogP contribution in [0.15, 0.2) is 18.6 Å². The molecule has 2 rings (SSSR count). The number of alkyl halides is 1. The highest BCUT2D eigenvalue weighted by molar-refractivity contribution is 6.18. The van der Waals surface area contributed by atoms with Crippen LogP contribution >= 0.6 is 11.6 Å². The summed E-state index contributed by atoms with van der Waals surface area (Å²) in [4.78, 5) is 8.24. The van der Waals surface area contributed by atoms with Gasteiger partial charge < -0.3 is 0 Å². The molecule has 0 saturated heterocycles. The maximum Gasteiger partial charge on any atom is 0.116 e. The number of aromatic amines is 1. The zero-order valence-corrected chi connectivity index (χ0v) is 9.12. The van der Waals surface area contributed by atoms with Gasteiger partial charge in [0.25, 0.3) is 0 Å². The fourth-order valence-electron chi connectivity index (χ4n) is 1.49. The van der Waals surface area contributed by atoms with Gasteiger partial charge in [0, 0.05) is 29.5 Å². The summed E-state index contributed by atoms with van der Waals surface area (Å²) in [5, 5.41) is 7.16. The maximum atomic E-state index is 5.75. The van der Waals surface area contributed by atoms with Gasteiger partial charge in [-0.15, -0.1) is 11.6 Å². The van der Waals surface area contributed by atoms with E-state index in [2.05, 4.69) is 20.2 Å². The second kappa shape index (κ2) is 4.40. The maximum absolute atomic E-state index is 5.75. The highest BCUT2D eigenvalue weighted by Gasteiger charge is 2.12. The third kappa shape index (κ3) is 1.99. The Kier molecular flexibility index (Phi) is 2.97. The number of nitrogens with one attached hydrogen (secondary N) is 1. The topological polar surface area (TPSA) is 54.5 Å². The van der Waals surface area contributed by atoms with Crippen molar-refractivity contribution in [3.63, 3.8) is 0 Å². The van der Waals surface area contributed by atoms with E-state index in [1.165, 1.54) is 0 Å².